The van der Waals surface area contributed by atoms with E-state index in [2.05, 4.69) is 9.97 Å². The van der Waals surface area contributed by atoms with E-state index in [1.54, 1.807) is 42.5 Å². The topological polar surface area (TPSA) is 128 Å². The Morgan fingerprint density at radius 3 is 2.39 bits per heavy atom. The summed E-state index contributed by atoms with van der Waals surface area (Å²) in [5.41, 5.74) is -0.673. The molecule has 2 heterocycles. The zero-order valence-corrected chi connectivity index (χ0v) is 19.2. The van der Waals surface area contributed by atoms with Crippen LogP contribution in [-0.2, 0) is 16.1 Å². The first-order valence-electron chi connectivity index (χ1n) is 11.0. The van der Waals surface area contributed by atoms with Crippen molar-refractivity contribution in [1.82, 2.24) is 14.9 Å². The number of benzene rings is 2. The Balaban J connectivity index is 1.61. The number of methoxy groups -OCH3 is 1. The van der Waals surface area contributed by atoms with Crippen molar-refractivity contribution in [2.75, 3.05) is 13.7 Å². The van der Waals surface area contributed by atoms with Gasteiger partial charge < -0.3 is 19.2 Å². The number of H-pyrrole nitrogens is 1. The highest BCUT2D eigenvalue weighted by Gasteiger charge is 2.40. The van der Waals surface area contributed by atoms with Crippen LogP contribution in [0.2, 0.25) is 0 Å². The van der Waals surface area contributed by atoms with Crippen LogP contribution >= 0.6 is 0 Å². The molecule has 1 N–H and O–H groups in total. The van der Waals surface area contributed by atoms with Gasteiger partial charge in [-0.3, -0.25) is 9.69 Å². The first-order valence-corrected chi connectivity index (χ1v) is 11.0. The monoisotopic (exact) mass is 495 g/mol. The maximum absolute atomic E-state index is 14.4. The van der Waals surface area contributed by atoms with E-state index < -0.39 is 47.2 Å². The number of rotatable bonds is 6. The Morgan fingerprint density at radius 1 is 1.06 bits per heavy atom. The fourth-order valence-corrected chi connectivity index (χ4v) is 3.74. The van der Waals surface area contributed by atoms with Crippen molar-refractivity contribution in [2.24, 2.45) is 0 Å². The molecule has 1 saturated heterocycles. The third-order valence-corrected chi connectivity index (χ3v) is 5.48. The zero-order valence-electron chi connectivity index (χ0n) is 19.2. The number of halogens is 1. The molecule has 0 saturated carbocycles. The van der Waals surface area contributed by atoms with Gasteiger partial charge in [-0.1, -0.05) is 48.5 Å². The number of aromatic nitrogens is 2. The van der Waals surface area contributed by atoms with Crippen molar-refractivity contribution in [1.29, 1.82) is 0 Å². The highest BCUT2D eigenvalue weighted by molar-refractivity contribution is 5.94. The van der Waals surface area contributed by atoms with Crippen LogP contribution in [0.4, 0.5) is 9.18 Å². The van der Waals surface area contributed by atoms with Gasteiger partial charge in [-0.25, -0.2) is 23.8 Å². The zero-order chi connectivity index (χ0) is 25.7. The van der Waals surface area contributed by atoms with E-state index >= 15 is 0 Å². The van der Waals surface area contributed by atoms with Crippen LogP contribution in [0, 0.1) is 0 Å². The van der Waals surface area contributed by atoms with E-state index in [1.165, 1.54) is 12.1 Å². The van der Waals surface area contributed by atoms with Crippen molar-refractivity contribution in [2.45, 2.75) is 25.2 Å². The van der Waals surface area contributed by atoms with E-state index in [0.717, 1.165) is 17.6 Å². The minimum atomic E-state index is -1.42. The van der Waals surface area contributed by atoms with Crippen LogP contribution in [-0.4, -0.2) is 52.7 Å². The number of aromatic amines is 1. The van der Waals surface area contributed by atoms with E-state index in [-0.39, 0.29) is 31.0 Å². The standard InChI is InChI=1S/C25H22FN3O7/c1-34-24(32)19-20(36-23(31)16-10-6-3-7-11-16)22(30)28-21(27-19)18-12-17(26)13-29(18)25(33)35-14-15-8-4-2-5-9-15/h2-11,17-18H,12-14H2,1H3,(H,27,28,30)/t17-,18+/m1/s1. The summed E-state index contributed by atoms with van der Waals surface area (Å²) in [6.45, 7) is -0.327. The third kappa shape index (κ3) is 5.40. The number of likely N-dealkylation sites (tertiary alicyclic amines) is 1. The van der Waals surface area contributed by atoms with Crippen LogP contribution in [0.5, 0.6) is 5.75 Å². The smallest absolute Gasteiger partial charge is 0.410 e. The van der Waals surface area contributed by atoms with E-state index in [0.29, 0.717) is 0 Å². The molecule has 186 valence electrons. The number of hydrogen-bond donors (Lipinski definition) is 1. The summed E-state index contributed by atoms with van der Waals surface area (Å²) in [6.07, 6.45) is -2.42. The Labute approximate surface area is 204 Å². The maximum atomic E-state index is 14.4. The molecule has 1 fully saturated rings. The van der Waals surface area contributed by atoms with Gasteiger partial charge in [-0.05, 0) is 17.7 Å². The van der Waals surface area contributed by atoms with Gasteiger partial charge >= 0.3 is 18.0 Å². The number of esters is 2. The minimum Gasteiger partial charge on any atom is -0.464 e. The molecular formula is C25H22FN3O7. The molecule has 1 aromatic heterocycles. The second-order valence-corrected chi connectivity index (χ2v) is 7.92. The fraction of sp³-hybridized carbons (Fsp3) is 0.240. The van der Waals surface area contributed by atoms with Crippen molar-refractivity contribution in [3.8, 4) is 5.75 Å². The van der Waals surface area contributed by atoms with Crippen LogP contribution < -0.4 is 10.3 Å². The van der Waals surface area contributed by atoms with Crippen LogP contribution in [0.3, 0.4) is 0 Å². The second kappa shape index (κ2) is 10.8. The lowest BCUT2D eigenvalue weighted by molar-refractivity contribution is 0.0583. The van der Waals surface area contributed by atoms with Gasteiger partial charge in [0.25, 0.3) is 5.56 Å². The molecule has 1 aliphatic rings. The van der Waals surface area contributed by atoms with E-state index in [1.807, 2.05) is 6.07 Å². The molecule has 2 aromatic carbocycles. The number of carbonyl (C=O) groups excluding carboxylic acids is 3. The Bertz CT molecular complexity index is 1310. The fourth-order valence-electron chi connectivity index (χ4n) is 3.74. The van der Waals surface area contributed by atoms with Crippen LogP contribution in [0.1, 0.15) is 44.7 Å². The Kier molecular flexibility index (Phi) is 7.38. The van der Waals surface area contributed by atoms with Crippen molar-refractivity contribution in [3.05, 3.63) is 93.7 Å². The third-order valence-electron chi connectivity index (χ3n) is 5.48. The molecule has 36 heavy (non-hydrogen) atoms. The van der Waals surface area contributed by atoms with Crippen molar-refractivity contribution in [3.63, 3.8) is 0 Å². The first kappa shape index (κ1) is 24.6. The van der Waals surface area contributed by atoms with Gasteiger partial charge in [-0.2, -0.15) is 0 Å². The molecule has 11 heteroatoms. The van der Waals surface area contributed by atoms with Gasteiger partial charge in [0.1, 0.15) is 18.6 Å². The molecule has 0 radical (unpaired) electrons. The first-order chi connectivity index (χ1) is 17.4. The van der Waals surface area contributed by atoms with Crippen molar-refractivity contribution >= 4 is 18.0 Å². The Morgan fingerprint density at radius 2 is 1.72 bits per heavy atom. The average Bonchev–Trinajstić information content (AvgIpc) is 3.30. The average molecular weight is 495 g/mol. The van der Waals surface area contributed by atoms with Gasteiger partial charge in [0.15, 0.2) is 5.69 Å². The number of nitrogens with one attached hydrogen (secondary N) is 1. The number of carbonyl (C=O) groups is 3. The molecule has 3 aromatic rings. The molecule has 0 aliphatic carbocycles. The number of hydrogen-bond acceptors (Lipinski definition) is 8. The van der Waals surface area contributed by atoms with Crippen LogP contribution in [0.15, 0.2) is 65.5 Å². The molecule has 4 rings (SSSR count). The molecule has 0 bridgehead atoms. The maximum Gasteiger partial charge on any atom is 0.410 e. The Hall–Kier alpha value is -4.54. The van der Waals surface area contributed by atoms with E-state index in [9.17, 15) is 23.6 Å². The highest BCUT2D eigenvalue weighted by Crippen LogP contribution is 2.33. The lowest BCUT2D eigenvalue weighted by Crippen LogP contribution is -2.34. The molecule has 10 nitrogen and oxygen atoms in total. The van der Waals surface area contributed by atoms with E-state index in [4.69, 9.17) is 14.2 Å². The minimum absolute atomic E-state index is 0.0361. The molecule has 0 spiro atoms. The normalized spacial score (nSPS) is 16.9. The van der Waals surface area contributed by atoms with Gasteiger partial charge in [0, 0.05) is 6.42 Å². The molecule has 1 amide bonds. The molecule has 0 unspecified atom stereocenters. The number of amides is 1. The molecule has 2 atom stereocenters. The second-order valence-electron chi connectivity index (χ2n) is 7.92. The SMILES string of the molecule is COC(=O)c1nc([C@@H]2C[C@@H](F)CN2C(=O)OCc2ccccc2)[nH]c(=O)c1OC(=O)c1ccccc1. The number of ether oxygens (including phenoxy) is 3. The molecular weight excluding hydrogens is 473 g/mol. The molecule has 1 aliphatic heterocycles. The highest BCUT2D eigenvalue weighted by atomic mass is 19.1. The number of alkyl halides is 1. The largest absolute Gasteiger partial charge is 0.464 e. The lowest BCUT2D eigenvalue weighted by Gasteiger charge is -2.23. The summed E-state index contributed by atoms with van der Waals surface area (Å²) in [4.78, 5) is 58.1. The summed E-state index contributed by atoms with van der Waals surface area (Å²) >= 11 is 0. The van der Waals surface area contributed by atoms with Gasteiger partial charge in [0.2, 0.25) is 5.75 Å². The lowest BCUT2D eigenvalue weighted by atomic mass is 10.2. The summed E-state index contributed by atoms with van der Waals surface area (Å²) in [6, 6.07) is 15.7. The summed E-state index contributed by atoms with van der Waals surface area (Å²) in [5, 5.41) is 0. The van der Waals surface area contributed by atoms with Crippen LogP contribution in [0.25, 0.3) is 0 Å². The van der Waals surface area contributed by atoms with Gasteiger partial charge in [-0.15, -0.1) is 0 Å². The summed E-state index contributed by atoms with van der Waals surface area (Å²) in [5.74, 6) is -2.79. The summed E-state index contributed by atoms with van der Waals surface area (Å²) in [7, 11) is 1.06. The number of nitrogens with zero attached hydrogens (tertiary/aromatic N) is 2. The quantitative estimate of drug-likeness (QED) is 0.517. The van der Waals surface area contributed by atoms with Gasteiger partial charge in [0.05, 0.1) is 25.3 Å². The predicted molar refractivity (Wildman–Crippen MR) is 123 cm³/mol. The summed E-state index contributed by atoms with van der Waals surface area (Å²) < 4.78 is 29.5. The van der Waals surface area contributed by atoms with Crippen molar-refractivity contribution < 1.29 is 33.0 Å². The predicted octanol–water partition coefficient (Wildman–Crippen LogP) is 3.20.